The molecular formula is C23H31N7O6. The van der Waals surface area contributed by atoms with Crippen LogP contribution >= 0.6 is 0 Å². The number of rotatable bonds is 4. The molecule has 0 unspecified atom stereocenters. The number of likely N-dealkylation sites (tertiary alicyclic amines) is 1. The number of aliphatic hydroxyl groups excluding tert-OH is 2. The van der Waals surface area contributed by atoms with E-state index in [4.69, 9.17) is 14.0 Å². The summed E-state index contributed by atoms with van der Waals surface area (Å²) < 4.78 is 17.9. The van der Waals surface area contributed by atoms with Crippen LogP contribution in [-0.2, 0) is 14.9 Å². The first kappa shape index (κ1) is 24.4. The molecule has 3 aromatic rings. The molecular weight excluding hydrogens is 470 g/mol. The smallest absolute Gasteiger partial charge is 0.409 e. The highest BCUT2D eigenvalue weighted by atomic mass is 16.6. The zero-order valence-electron chi connectivity index (χ0n) is 20.7. The Kier molecular flexibility index (Phi) is 6.30. The molecule has 0 saturated carbocycles. The van der Waals surface area contributed by atoms with Gasteiger partial charge in [0.05, 0.1) is 19.1 Å². The molecule has 2 aliphatic heterocycles. The summed E-state index contributed by atoms with van der Waals surface area (Å²) in [5.74, 6) is 0.888. The number of aromatic nitrogens is 5. The number of carbonyl (C=O) groups is 1. The molecule has 4 atom stereocenters. The van der Waals surface area contributed by atoms with Crippen LogP contribution in [0.25, 0.3) is 11.2 Å². The summed E-state index contributed by atoms with van der Waals surface area (Å²) in [6.45, 7) is 7.16. The third-order valence-corrected chi connectivity index (χ3v) is 6.72. The Labute approximate surface area is 207 Å². The maximum absolute atomic E-state index is 11.7. The quantitative estimate of drug-likeness (QED) is 0.477. The van der Waals surface area contributed by atoms with E-state index < -0.39 is 24.5 Å². The van der Waals surface area contributed by atoms with Crippen LogP contribution in [0, 0.1) is 0 Å². The van der Waals surface area contributed by atoms with Crippen molar-refractivity contribution in [2.45, 2.75) is 69.6 Å². The monoisotopic (exact) mass is 501 g/mol. The predicted molar refractivity (Wildman–Crippen MR) is 126 cm³/mol. The average Bonchev–Trinajstić information content (AvgIpc) is 3.58. The number of hydrogen-bond donors (Lipinski definition) is 3. The van der Waals surface area contributed by atoms with E-state index in [1.165, 1.54) is 19.8 Å². The van der Waals surface area contributed by atoms with Crippen molar-refractivity contribution in [2.75, 3.05) is 25.5 Å². The van der Waals surface area contributed by atoms with Gasteiger partial charge in [0.25, 0.3) is 0 Å². The van der Waals surface area contributed by atoms with E-state index in [1.807, 2.05) is 20.8 Å². The molecule has 0 aromatic carbocycles. The first-order chi connectivity index (χ1) is 17.2. The van der Waals surface area contributed by atoms with Gasteiger partial charge in [-0.15, -0.1) is 0 Å². The zero-order chi connectivity index (χ0) is 25.6. The van der Waals surface area contributed by atoms with Crippen LogP contribution in [0.2, 0.25) is 0 Å². The van der Waals surface area contributed by atoms with Gasteiger partial charge in [0.1, 0.15) is 24.6 Å². The number of piperidine rings is 1. The Hall–Kier alpha value is -3.29. The molecule has 3 N–H and O–H groups in total. The second-order valence-electron chi connectivity index (χ2n) is 10.2. The Morgan fingerprint density at radius 1 is 1.17 bits per heavy atom. The largest absolute Gasteiger partial charge is 0.453 e. The molecule has 5 heterocycles. The van der Waals surface area contributed by atoms with Gasteiger partial charge in [0.2, 0.25) is 0 Å². The van der Waals surface area contributed by atoms with Gasteiger partial charge in [-0.3, -0.25) is 4.57 Å². The number of carbonyl (C=O) groups excluding carboxylic acids is 1. The maximum atomic E-state index is 11.7. The van der Waals surface area contributed by atoms with Gasteiger partial charge in [-0.05, 0) is 12.8 Å². The van der Waals surface area contributed by atoms with Gasteiger partial charge in [-0.25, -0.2) is 19.7 Å². The van der Waals surface area contributed by atoms with Crippen molar-refractivity contribution in [3.05, 3.63) is 30.2 Å². The fraction of sp³-hybridized carbons (Fsp3) is 0.609. The van der Waals surface area contributed by atoms with Gasteiger partial charge >= 0.3 is 6.09 Å². The summed E-state index contributed by atoms with van der Waals surface area (Å²) in [6, 6.07) is 1.84. The Bertz CT molecular complexity index is 1230. The van der Waals surface area contributed by atoms with E-state index in [-0.39, 0.29) is 17.6 Å². The second kappa shape index (κ2) is 9.30. The van der Waals surface area contributed by atoms with Crippen molar-refractivity contribution < 1.29 is 29.0 Å². The normalized spacial score (nSPS) is 25.4. The number of anilines is 1. The van der Waals surface area contributed by atoms with Crippen molar-refractivity contribution in [1.29, 1.82) is 0 Å². The van der Waals surface area contributed by atoms with Crippen LogP contribution in [-0.4, -0.2) is 84.3 Å². The topological polar surface area (TPSA) is 161 Å². The minimum atomic E-state index is -1.25. The number of nitrogens with zero attached hydrogens (tertiary/aromatic N) is 6. The molecule has 13 heteroatoms. The number of aliphatic hydroxyl groups is 2. The lowest BCUT2D eigenvalue weighted by molar-refractivity contribution is -0.0434. The van der Waals surface area contributed by atoms with E-state index in [1.54, 1.807) is 15.5 Å². The van der Waals surface area contributed by atoms with Gasteiger partial charge < -0.3 is 34.4 Å². The van der Waals surface area contributed by atoms with Crippen LogP contribution in [0.5, 0.6) is 0 Å². The highest BCUT2D eigenvalue weighted by molar-refractivity contribution is 5.82. The maximum Gasteiger partial charge on any atom is 0.409 e. The number of amides is 1. The standard InChI is InChI=1S/C23H31N7O6/c1-23(2,3)14-9-13(36-28-14)18-16(31)17(32)21(35-18)30-11-26-15-19(24-10-25-20(15)30)27-12-5-7-29(8-6-12)22(33)34-4/h9-12,16-18,21,31-32H,5-8H2,1-4H3,(H,24,25,27)/t16-,17-,18+,21+/m0/s1. The minimum absolute atomic E-state index is 0.0946. The Morgan fingerprint density at radius 2 is 1.92 bits per heavy atom. The molecule has 2 aliphatic rings. The second-order valence-corrected chi connectivity index (χ2v) is 10.2. The molecule has 36 heavy (non-hydrogen) atoms. The fourth-order valence-corrected chi connectivity index (χ4v) is 4.57. The van der Waals surface area contributed by atoms with Crippen LogP contribution in [0.3, 0.4) is 0 Å². The molecule has 2 saturated heterocycles. The van der Waals surface area contributed by atoms with Gasteiger partial charge in [-0.2, -0.15) is 0 Å². The molecule has 13 nitrogen and oxygen atoms in total. The molecule has 0 radical (unpaired) electrons. The van der Waals surface area contributed by atoms with Gasteiger partial charge in [-0.1, -0.05) is 25.9 Å². The SMILES string of the molecule is COC(=O)N1CCC(Nc2ncnc3c2ncn3[C@@H]2O[C@H](c3cc(C(C)(C)C)no3)[C@@H](O)[C@@H]2O)CC1. The van der Waals surface area contributed by atoms with E-state index in [0.29, 0.717) is 35.8 Å². The summed E-state index contributed by atoms with van der Waals surface area (Å²) in [4.78, 5) is 26.6. The van der Waals surface area contributed by atoms with Crippen LogP contribution in [0.15, 0.2) is 23.2 Å². The van der Waals surface area contributed by atoms with Crippen molar-refractivity contribution in [2.24, 2.45) is 0 Å². The summed E-state index contributed by atoms with van der Waals surface area (Å²) in [5.41, 5.74) is 1.45. The molecule has 194 valence electrons. The lowest BCUT2D eigenvalue weighted by atomic mass is 9.92. The first-order valence-corrected chi connectivity index (χ1v) is 11.9. The van der Waals surface area contributed by atoms with E-state index in [0.717, 1.165) is 18.5 Å². The van der Waals surface area contributed by atoms with Crippen LogP contribution < -0.4 is 5.32 Å². The van der Waals surface area contributed by atoms with Crippen LogP contribution in [0.4, 0.5) is 10.6 Å². The molecule has 5 rings (SSSR count). The van der Waals surface area contributed by atoms with Crippen molar-refractivity contribution in [1.82, 2.24) is 29.6 Å². The number of fused-ring (bicyclic) bond motifs is 1. The average molecular weight is 502 g/mol. The van der Waals surface area contributed by atoms with Crippen molar-refractivity contribution >= 4 is 23.1 Å². The van der Waals surface area contributed by atoms with Crippen molar-refractivity contribution in [3.8, 4) is 0 Å². The predicted octanol–water partition coefficient (Wildman–Crippen LogP) is 1.75. The minimum Gasteiger partial charge on any atom is -0.453 e. The number of hydrogen-bond acceptors (Lipinski definition) is 11. The number of ether oxygens (including phenoxy) is 2. The Morgan fingerprint density at radius 3 is 2.58 bits per heavy atom. The zero-order valence-corrected chi connectivity index (χ0v) is 20.7. The van der Waals surface area contributed by atoms with Crippen molar-refractivity contribution in [3.63, 3.8) is 0 Å². The summed E-state index contributed by atoms with van der Waals surface area (Å²) >= 11 is 0. The third-order valence-electron chi connectivity index (χ3n) is 6.72. The van der Waals surface area contributed by atoms with Crippen LogP contribution in [0.1, 0.15) is 57.4 Å². The Balaban J connectivity index is 1.34. The van der Waals surface area contributed by atoms with E-state index in [2.05, 4.69) is 25.4 Å². The molecule has 0 spiro atoms. The highest BCUT2D eigenvalue weighted by Crippen LogP contribution is 2.41. The molecule has 2 fully saturated rings. The number of nitrogens with one attached hydrogen (secondary N) is 1. The lowest BCUT2D eigenvalue weighted by Crippen LogP contribution is -2.42. The number of methoxy groups -OCH3 is 1. The number of imidazole rings is 1. The van der Waals surface area contributed by atoms with E-state index >= 15 is 0 Å². The first-order valence-electron chi connectivity index (χ1n) is 11.9. The molecule has 0 aliphatic carbocycles. The van der Waals surface area contributed by atoms with E-state index in [9.17, 15) is 15.0 Å². The summed E-state index contributed by atoms with van der Waals surface area (Å²) in [6.07, 6.45) is -0.262. The third kappa shape index (κ3) is 4.38. The summed E-state index contributed by atoms with van der Waals surface area (Å²) in [5, 5.41) is 29.0. The van der Waals surface area contributed by atoms with Gasteiger partial charge in [0, 0.05) is 30.6 Å². The molecule has 0 bridgehead atoms. The highest BCUT2D eigenvalue weighted by Gasteiger charge is 2.47. The summed E-state index contributed by atoms with van der Waals surface area (Å²) in [7, 11) is 1.38. The van der Waals surface area contributed by atoms with Gasteiger partial charge in [0.15, 0.2) is 29.0 Å². The molecule has 1 amide bonds. The molecule has 3 aromatic heterocycles. The lowest BCUT2D eigenvalue weighted by Gasteiger charge is -2.31. The fourth-order valence-electron chi connectivity index (χ4n) is 4.57.